The molecular weight excluding hydrogens is 278 g/mol. The van der Waals surface area contributed by atoms with Crippen LogP contribution in [0.25, 0.3) is 12.2 Å². The fourth-order valence-corrected chi connectivity index (χ4v) is 2.58. The molecule has 0 saturated carbocycles. The van der Waals surface area contributed by atoms with E-state index < -0.39 is 4.92 Å². The highest BCUT2D eigenvalue weighted by Crippen LogP contribution is 2.11. The number of nitro benzene ring substituents is 1. The molecule has 0 aliphatic heterocycles. The van der Waals surface area contributed by atoms with Gasteiger partial charge in [0, 0.05) is 25.3 Å². The van der Waals surface area contributed by atoms with Crippen molar-refractivity contribution in [3.8, 4) is 6.07 Å². The Labute approximate surface area is 117 Å². The third kappa shape index (κ3) is 2.65. The zero-order valence-electron chi connectivity index (χ0n) is 10.4. The van der Waals surface area contributed by atoms with Gasteiger partial charge in [-0.25, -0.2) is 0 Å². The third-order valence-electron chi connectivity index (χ3n) is 2.65. The molecule has 0 spiro atoms. The number of nitro groups is 1. The second-order valence-corrected chi connectivity index (χ2v) is 5.00. The summed E-state index contributed by atoms with van der Waals surface area (Å²) in [6, 6.07) is 7.80. The van der Waals surface area contributed by atoms with Gasteiger partial charge in [-0.2, -0.15) is 5.26 Å². The van der Waals surface area contributed by atoms with Crippen LogP contribution in [0.3, 0.4) is 0 Å². The Balaban J connectivity index is 2.54. The molecule has 2 aromatic rings. The Morgan fingerprint density at radius 3 is 2.60 bits per heavy atom. The lowest BCUT2D eigenvalue weighted by Gasteiger charge is -1.92. The number of rotatable bonds is 2. The largest absolute Gasteiger partial charge is 0.301 e. The number of benzene rings is 1. The number of nitrogens with zero attached hydrogens (tertiary/aromatic N) is 3. The maximum Gasteiger partial charge on any atom is 0.269 e. The van der Waals surface area contributed by atoms with Crippen molar-refractivity contribution in [3.63, 3.8) is 0 Å². The summed E-state index contributed by atoms with van der Waals surface area (Å²) in [5.74, 6) is 0. The van der Waals surface area contributed by atoms with Gasteiger partial charge >= 0.3 is 0 Å². The molecule has 20 heavy (non-hydrogen) atoms. The molecule has 6 nitrogen and oxygen atoms in total. The minimum absolute atomic E-state index is 0.000245. The third-order valence-corrected chi connectivity index (χ3v) is 3.76. The highest BCUT2D eigenvalue weighted by atomic mass is 32.1. The summed E-state index contributed by atoms with van der Waals surface area (Å²) >= 11 is 1.20. The van der Waals surface area contributed by atoms with Gasteiger partial charge in [-0.15, -0.1) is 11.3 Å². The molecule has 0 atom stereocenters. The fraction of sp³-hybridized carbons (Fsp3) is 0.0769. The van der Waals surface area contributed by atoms with Gasteiger partial charge in [0.05, 0.1) is 15.5 Å². The second kappa shape index (κ2) is 5.50. The van der Waals surface area contributed by atoms with E-state index in [-0.39, 0.29) is 11.2 Å². The Morgan fingerprint density at radius 2 is 2.05 bits per heavy atom. The van der Waals surface area contributed by atoms with Gasteiger partial charge in [0.15, 0.2) is 0 Å². The van der Waals surface area contributed by atoms with E-state index >= 15 is 0 Å². The van der Waals surface area contributed by atoms with Gasteiger partial charge in [-0.05, 0) is 23.8 Å². The average Bonchev–Trinajstić information content (AvgIpc) is 2.68. The number of thiazole rings is 1. The van der Waals surface area contributed by atoms with Crippen molar-refractivity contribution >= 4 is 29.2 Å². The van der Waals surface area contributed by atoms with Crippen LogP contribution >= 0.6 is 11.3 Å². The molecule has 0 radical (unpaired) electrons. The van der Waals surface area contributed by atoms with Crippen molar-refractivity contribution in [2.45, 2.75) is 0 Å². The molecule has 0 saturated heterocycles. The van der Waals surface area contributed by atoms with Crippen LogP contribution in [-0.4, -0.2) is 9.49 Å². The van der Waals surface area contributed by atoms with E-state index in [9.17, 15) is 14.9 Å². The molecule has 1 aromatic carbocycles. The minimum Gasteiger partial charge on any atom is -0.301 e. The van der Waals surface area contributed by atoms with E-state index in [1.807, 2.05) is 6.07 Å². The Kier molecular flexibility index (Phi) is 3.77. The number of non-ortho nitro benzene ring substituents is 1. The van der Waals surface area contributed by atoms with Crippen LogP contribution in [0.2, 0.25) is 0 Å². The van der Waals surface area contributed by atoms with Crippen molar-refractivity contribution in [2.24, 2.45) is 7.05 Å². The predicted molar refractivity (Wildman–Crippen MR) is 75.6 cm³/mol. The number of aromatic nitrogens is 1. The fourth-order valence-electron chi connectivity index (χ4n) is 1.61. The molecule has 0 fully saturated rings. The summed E-state index contributed by atoms with van der Waals surface area (Å²) in [5.41, 5.74) is 0.493. The zero-order valence-corrected chi connectivity index (χ0v) is 11.3. The lowest BCUT2D eigenvalue weighted by Crippen LogP contribution is -2.28. The lowest BCUT2D eigenvalue weighted by atomic mass is 10.2. The van der Waals surface area contributed by atoms with Crippen LogP contribution in [0.5, 0.6) is 0 Å². The van der Waals surface area contributed by atoms with Gasteiger partial charge in [0.25, 0.3) is 11.2 Å². The highest BCUT2D eigenvalue weighted by molar-refractivity contribution is 7.07. The maximum absolute atomic E-state index is 11.9. The Hall–Kier alpha value is -2.72. The van der Waals surface area contributed by atoms with Crippen LogP contribution in [0.15, 0.2) is 29.1 Å². The van der Waals surface area contributed by atoms with Crippen molar-refractivity contribution in [1.29, 1.82) is 5.26 Å². The van der Waals surface area contributed by atoms with Gasteiger partial charge < -0.3 is 4.57 Å². The Morgan fingerprint density at radius 1 is 1.40 bits per heavy atom. The van der Waals surface area contributed by atoms with Gasteiger partial charge in [-0.1, -0.05) is 0 Å². The van der Waals surface area contributed by atoms with Crippen molar-refractivity contribution < 1.29 is 4.92 Å². The molecule has 0 aliphatic carbocycles. The van der Waals surface area contributed by atoms with Gasteiger partial charge in [-0.3, -0.25) is 14.9 Å². The van der Waals surface area contributed by atoms with Crippen LogP contribution in [0, 0.1) is 21.4 Å². The molecule has 1 aromatic heterocycles. The van der Waals surface area contributed by atoms with Crippen LogP contribution in [-0.2, 0) is 7.05 Å². The molecule has 0 amide bonds. The first kappa shape index (κ1) is 13.7. The summed E-state index contributed by atoms with van der Waals surface area (Å²) in [7, 11) is 1.59. The van der Waals surface area contributed by atoms with E-state index in [4.69, 9.17) is 5.26 Å². The summed E-state index contributed by atoms with van der Waals surface area (Å²) < 4.78 is 2.43. The second-order valence-electron chi connectivity index (χ2n) is 3.94. The SMILES string of the molecule is Cn1c(=O)/c(=C\c2ccc([N+](=O)[O-])cc2)s/c1=C\C#N. The van der Waals surface area contributed by atoms with Gasteiger partial charge in [0.1, 0.15) is 4.66 Å². The molecule has 2 rings (SSSR count). The topological polar surface area (TPSA) is 88.9 Å². The maximum atomic E-state index is 11.9. The molecule has 0 N–H and O–H groups in total. The molecule has 1 heterocycles. The smallest absolute Gasteiger partial charge is 0.269 e. The van der Waals surface area contributed by atoms with Crippen molar-refractivity contribution in [2.75, 3.05) is 0 Å². The quantitative estimate of drug-likeness (QED) is 0.594. The molecule has 0 unspecified atom stereocenters. The first-order valence-corrected chi connectivity index (χ1v) is 6.36. The minimum atomic E-state index is -0.478. The number of hydrogen-bond acceptors (Lipinski definition) is 5. The van der Waals surface area contributed by atoms with E-state index in [2.05, 4.69) is 0 Å². The molecule has 100 valence electrons. The first-order chi connectivity index (χ1) is 9.52. The first-order valence-electron chi connectivity index (χ1n) is 5.55. The van der Waals surface area contributed by atoms with Crippen molar-refractivity contribution in [3.05, 3.63) is 59.5 Å². The van der Waals surface area contributed by atoms with Gasteiger partial charge in [0.2, 0.25) is 0 Å². The monoisotopic (exact) mass is 287 g/mol. The average molecular weight is 287 g/mol. The molecular formula is C13H9N3O3S. The van der Waals surface area contributed by atoms with Crippen LogP contribution in [0.4, 0.5) is 5.69 Å². The van der Waals surface area contributed by atoms with Crippen LogP contribution in [0.1, 0.15) is 5.56 Å². The Bertz CT molecular complexity index is 870. The van der Waals surface area contributed by atoms with E-state index in [0.717, 1.165) is 0 Å². The zero-order chi connectivity index (χ0) is 14.7. The molecule has 7 heteroatoms. The standard InChI is InChI=1S/C13H9N3O3S/c1-15-12(6-7-14)20-11(13(15)17)8-9-2-4-10(5-3-9)16(18)19/h2-6,8H,1H3/b11-8+,12-6-. The number of nitriles is 1. The number of hydrogen-bond donors (Lipinski definition) is 0. The summed E-state index contributed by atoms with van der Waals surface area (Å²) in [6.07, 6.45) is 2.95. The normalized spacial score (nSPS) is 12.4. The highest BCUT2D eigenvalue weighted by Gasteiger charge is 2.04. The summed E-state index contributed by atoms with van der Waals surface area (Å²) in [5, 5.41) is 19.2. The summed E-state index contributed by atoms with van der Waals surface area (Å²) in [6.45, 7) is 0. The molecule has 0 bridgehead atoms. The van der Waals surface area contributed by atoms with E-state index in [0.29, 0.717) is 14.8 Å². The van der Waals surface area contributed by atoms with E-state index in [1.165, 1.54) is 34.1 Å². The van der Waals surface area contributed by atoms with Crippen LogP contribution < -0.4 is 14.8 Å². The van der Waals surface area contributed by atoms with Crippen molar-refractivity contribution in [1.82, 2.24) is 4.57 Å². The summed E-state index contributed by atoms with van der Waals surface area (Å²) in [4.78, 5) is 22.0. The lowest BCUT2D eigenvalue weighted by molar-refractivity contribution is -0.384. The predicted octanol–water partition coefficient (Wildman–Crippen LogP) is 0.488. The van der Waals surface area contributed by atoms with E-state index in [1.54, 1.807) is 25.3 Å². The molecule has 0 aliphatic rings.